The number of nitrogens with one attached hydrogen (secondary N) is 1. The Hall–Kier alpha value is -1.35. The van der Waals surface area contributed by atoms with Gasteiger partial charge in [-0.05, 0) is 36.4 Å². The first-order valence-corrected chi connectivity index (χ1v) is 6.88. The van der Waals surface area contributed by atoms with E-state index in [0.29, 0.717) is 13.0 Å². The Morgan fingerprint density at radius 1 is 1.32 bits per heavy atom. The highest BCUT2D eigenvalue weighted by Crippen LogP contribution is 2.21. The molecule has 1 atom stereocenters. The van der Waals surface area contributed by atoms with Gasteiger partial charge in [-0.15, -0.1) is 0 Å². The van der Waals surface area contributed by atoms with Crippen molar-refractivity contribution < 1.29 is 4.79 Å². The highest BCUT2D eigenvalue weighted by Gasteiger charge is 2.25. The minimum Gasteiger partial charge on any atom is -0.353 e. The number of amides is 1. The molecule has 0 saturated carbocycles. The van der Waals surface area contributed by atoms with E-state index in [1.807, 2.05) is 31.2 Å². The fraction of sp³-hybridized carbons (Fsp3) is 0.562. The van der Waals surface area contributed by atoms with Gasteiger partial charge in [0, 0.05) is 6.04 Å². The van der Waals surface area contributed by atoms with Crippen LogP contribution in [0, 0.1) is 12.3 Å². The molecule has 19 heavy (non-hydrogen) atoms. The van der Waals surface area contributed by atoms with Crippen molar-refractivity contribution in [2.24, 2.45) is 11.1 Å². The van der Waals surface area contributed by atoms with Gasteiger partial charge in [0.2, 0.25) is 5.91 Å². The van der Waals surface area contributed by atoms with Crippen molar-refractivity contribution in [3.05, 3.63) is 35.4 Å². The predicted octanol–water partition coefficient (Wildman–Crippen LogP) is 2.42. The van der Waals surface area contributed by atoms with Gasteiger partial charge in [-0.2, -0.15) is 0 Å². The quantitative estimate of drug-likeness (QED) is 0.856. The van der Waals surface area contributed by atoms with Crippen LogP contribution in [0.3, 0.4) is 0 Å². The first kappa shape index (κ1) is 15.7. The van der Waals surface area contributed by atoms with Gasteiger partial charge < -0.3 is 11.1 Å². The van der Waals surface area contributed by atoms with Crippen LogP contribution in [0.2, 0.25) is 0 Å². The Balaban J connectivity index is 2.66. The molecule has 0 aliphatic rings. The summed E-state index contributed by atoms with van der Waals surface area (Å²) in [4.78, 5) is 12.1. The van der Waals surface area contributed by atoms with Gasteiger partial charge in [0.15, 0.2) is 0 Å². The average Bonchev–Trinajstić information content (AvgIpc) is 2.30. The lowest BCUT2D eigenvalue weighted by Gasteiger charge is -2.31. The number of aryl methyl sites for hydroxylation is 1. The van der Waals surface area contributed by atoms with Gasteiger partial charge in [0.25, 0.3) is 0 Å². The number of rotatable bonds is 5. The van der Waals surface area contributed by atoms with Crippen LogP contribution in [0.25, 0.3) is 0 Å². The van der Waals surface area contributed by atoms with Gasteiger partial charge in [-0.3, -0.25) is 4.79 Å². The summed E-state index contributed by atoms with van der Waals surface area (Å²) >= 11 is 0. The summed E-state index contributed by atoms with van der Waals surface area (Å²) in [6, 6.07) is 8.11. The van der Waals surface area contributed by atoms with Crippen LogP contribution in [0.4, 0.5) is 0 Å². The molecule has 0 aliphatic heterocycles. The number of nitrogens with two attached hydrogens (primary N) is 1. The maximum atomic E-state index is 12.1. The van der Waals surface area contributed by atoms with Crippen LogP contribution in [0.15, 0.2) is 24.3 Å². The van der Waals surface area contributed by atoms with Gasteiger partial charge in [0.05, 0.1) is 6.42 Å². The molecule has 3 heteroatoms. The zero-order valence-electron chi connectivity index (χ0n) is 12.5. The van der Waals surface area contributed by atoms with Crippen molar-refractivity contribution in [1.82, 2.24) is 5.32 Å². The van der Waals surface area contributed by atoms with Crippen molar-refractivity contribution in [3.63, 3.8) is 0 Å². The molecule has 1 amide bonds. The first-order chi connectivity index (χ1) is 8.84. The lowest BCUT2D eigenvalue weighted by molar-refractivity contribution is -0.121. The smallest absolute Gasteiger partial charge is 0.224 e. The van der Waals surface area contributed by atoms with E-state index < -0.39 is 0 Å². The molecule has 0 saturated heterocycles. The van der Waals surface area contributed by atoms with Gasteiger partial charge in [-0.25, -0.2) is 0 Å². The number of carbonyl (C=O) groups is 1. The van der Waals surface area contributed by atoms with E-state index in [0.717, 1.165) is 17.5 Å². The second-order valence-electron chi connectivity index (χ2n) is 6.17. The Bertz CT molecular complexity index is 421. The van der Waals surface area contributed by atoms with E-state index in [-0.39, 0.29) is 17.4 Å². The second-order valence-corrected chi connectivity index (χ2v) is 6.17. The third kappa shape index (κ3) is 5.03. The Kier molecular flexibility index (Phi) is 5.55. The fourth-order valence-corrected chi connectivity index (χ4v) is 2.12. The summed E-state index contributed by atoms with van der Waals surface area (Å²) in [7, 11) is 0. The van der Waals surface area contributed by atoms with Crippen LogP contribution in [0.5, 0.6) is 0 Å². The minimum atomic E-state index is 0.0285. The van der Waals surface area contributed by atoms with Crippen molar-refractivity contribution in [3.8, 4) is 0 Å². The SMILES string of the molecule is Cc1ccccc1CC(=O)NC(CCN)C(C)(C)C. The molecule has 0 spiro atoms. The van der Waals surface area contributed by atoms with Crippen molar-refractivity contribution >= 4 is 5.91 Å². The number of hydrogen-bond acceptors (Lipinski definition) is 2. The van der Waals surface area contributed by atoms with Crippen LogP contribution in [0.1, 0.15) is 38.3 Å². The third-order valence-corrected chi connectivity index (χ3v) is 3.45. The van der Waals surface area contributed by atoms with E-state index in [4.69, 9.17) is 5.73 Å². The van der Waals surface area contributed by atoms with Gasteiger partial charge >= 0.3 is 0 Å². The summed E-state index contributed by atoms with van der Waals surface area (Å²) in [6.07, 6.45) is 1.24. The highest BCUT2D eigenvalue weighted by atomic mass is 16.1. The number of hydrogen-bond donors (Lipinski definition) is 2. The molecule has 1 aromatic rings. The van der Waals surface area contributed by atoms with E-state index in [1.54, 1.807) is 0 Å². The van der Waals surface area contributed by atoms with E-state index in [1.165, 1.54) is 0 Å². The Morgan fingerprint density at radius 2 is 1.95 bits per heavy atom. The van der Waals surface area contributed by atoms with E-state index in [2.05, 4.69) is 26.1 Å². The Labute approximate surface area is 116 Å². The molecule has 0 radical (unpaired) electrons. The average molecular weight is 262 g/mol. The molecule has 106 valence electrons. The molecule has 1 aromatic carbocycles. The number of carbonyl (C=O) groups excluding carboxylic acids is 1. The standard InChI is InChI=1S/C16H26N2O/c1-12-7-5-6-8-13(12)11-15(19)18-14(9-10-17)16(2,3)4/h5-8,14H,9-11,17H2,1-4H3,(H,18,19). The highest BCUT2D eigenvalue weighted by molar-refractivity contribution is 5.79. The Morgan fingerprint density at radius 3 is 2.47 bits per heavy atom. The predicted molar refractivity (Wildman–Crippen MR) is 79.9 cm³/mol. The lowest BCUT2D eigenvalue weighted by atomic mass is 9.84. The fourth-order valence-electron chi connectivity index (χ4n) is 2.12. The third-order valence-electron chi connectivity index (χ3n) is 3.45. The molecule has 0 heterocycles. The van der Waals surface area contributed by atoms with Crippen molar-refractivity contribution in [2.45, 2.75) is 46.6 Å². The van der Waals surface area contributed by atoms with Crippen LogP contribution >= 0.6 is 0 Å². The van der Waals surface area contributed by atoms with Crippen LogP contribution < -0.4 is 11.1 Å². The molecule has 0 aliphatic carbocycles. The molecule has 3 nitrogen and oxygen atoms in total. The maximum Gasteiger partial charge on any atom is 0.224 e. The molecule has 3 N–H and O–H groups in total. The summed E-state index contributed by atoms with van der Waals surface area (Å²) in [5.41, 5.74) is 7.90. The summed E-state index contributed by atoms with van der Waals surface area (Å²) < 4.78 is 0. The maximum absolute atomic E-state index is 12.1. The molecule has 1 rings (SSSR count). The topological polar surface area (TPSA) is 55.1 Å². The largest absolute Gasteiger partial charge is 0.353 e. The molecule has 1 unspecified atom stereocenters. The van der Waals surface area contributed by atoms with E-state index in [9.17, 15) is 4.79 Å². The zero-order valence-corrected chi connectivity index (χ0v) is 12.5. The van der Waals surface area contributed by atoms with Crippen molar-refractivity contribution in [2.75, 3.05) is 6.54 Å². The summed E-state index contributed by atoms with van der Waals surface area (Å²) in [6.45, 7) is 9.00. The van der Waals surface area contributed by atoms with Gasteiger partial charge in [0.1, 0.15) is 0 Å². The molecule has 0 fully saturated rings. The molecule has 0 aromatic heterocycles. The molecule has 0 bridgehead atoms. The summed E-state index contributed by atoms with van der Waals surface area (Å²) in [5.74, 6) is 0.0719. The van der Waals surface area contributed by atoms with E-state index >= 15 is 0 Å². The monoisotopic (exact) mass is 262 g/mol. The van der Waals surface area contributed by atoms with Crippen LogP contribution in [-0.2, 0) is 11.2 Å². The first-order valence-electron chi connectivity index (χ1n) is 6.88. The normalized spacial score (nSPS) is 13.1. The lowest BCUT2D eigenvalue weighted by Crippen LogP contribution is -2.45. The second kappa shape index (κ2) is 6.71. The molecular weight excluding hydrogens is 236 g/mol. The van der Waals surface area contributed by atoms with Gasteiger partial charge in [-0.1, -0.05) is 45.0 Å². The summed E-state index contributed by atoms with van der Waals surface area (Å²) in [5, 5.41) is 3.11. The number of benzene rings is 1. The van der Waals surface area contributed by atoms with Crippen LogP contribution in [-0.4, -0.2) is 18.5 Å². The minimum absolute atomic E-state index is 0.0285. The zero-order chi connectivity index (χ0) is 14.5. The molecular formula is C16H26N2O. The van der Waals surface area contributed by atoms with Crippen molar-refractivity contribution in [1.29, 1.82) is 0 Å².